The van der Waals surface area contributed by atoms with Gasteiger partial charge in [0.05, 0.1) is 12.2 Å². The van der Waals surface area contributed by atoms with Crippen LogP contribution in [0.2, 0.25) is 0 Å². The molecule has 0 aliphatic carbocycles. The summed E-state index contributed by atoms with van der Waals surface area (Å²) in [6, 6.07) is 5.59. The van der Waals surface area contributed by atoms with E-state index in [1.54, 1.807) is 6.07 Å². The molecule has 0 saturated heterocycles. The zero-order chi connectivity index (χ0) is 12.0. The number of benzene rings is 1. The number of rotatable bonds is 6. The smallest absolute Gasteiger partial charge is 0.130 e. The number of aryl methyl sites for hydroxylation is 1. The maximum absolute atomic E-state index is 7.43. The molecule has 0 heterocycles. The molecule has 0 bridgehead atoms. The second-order valence-corrected chi connectivity index (χ2v) is 3.46. The molecule has 1 aromatic carbocycles. The highest BCUT2D eigenvalue weighted by atomic mass is 16.5. The average molecular weight is 222 g/mol. The van der Waals surface area contributed by atoms with Crippen molar-refractivity contribution in [3.05, 3.63) is 29.3 Å². The third-order valence-corrected chi connectivity index (χ3v) is 2.12. The van der Waals surface area contributed by atoms with Crippen molar-refractivity contribution in [2.24, 2.45) is 5.73 Å². The second-order valence-electron chi connectivity index (χ2n) is 3.46. The maximum Gasteiger partial charge on any atom is 0.130 e. The van der Waals surface area contributed by atoms with E-state index < -0.39 is 0 Å². The minimum atomic E-state index is 0.0198. The standard InChI is InChI=1S/C12H18N2O2/c1-3-15-6-7-16-11-8-9(2)4-5-10(11)12(13)14/h4-5,8H,3,6-7H2,1-2H3,(H3,13,14). The van der Waals surface area contributed by atoms with Crippen LogP contribution in [0.1, 0.15) is 18.1 Å². The summed E-state index contributed by atoms with van der Waals surface area (Å²) in [5.74, 6) is 0.665. The van der Waals surface area contributed by atoms with Crippen molar-refractivity contribution in [2.45, 2.75) is 13.8 Å². The van der Waals surface area contributed by atoms with Crippen molar-refractivity contribution < 1.29 is 9.47 Å². The molecule has 0 saturated carbocycles. The summed E-state index contributed by atoms with van der Waals surface area (Å²) in [5.41, 5.74) is 7.17. The number of nitrogens with one attached hydrogen (secondary N) is 1. The Morgan fingerprint density at radius 1 is 1.38 bits per heavy atom. The number of hydrogen-bond acceptors (Lipinski definition) is 3. The first-order valence-corrected chi connectivity index (χ1v) is 5.30. The fraction of sp³-hybridized carbons (Fsp3) is 0.417. The molecule has 0 spiro atoms. The van der Waals surface area contributed by atoms with Crippen LogP contribution in [0.5, 0.6) is 5.75 Å². The van der Waals surface area contributed by atoms with E-state index in [2.05, 4.69) is 0 Å². The van der Waals surface area contributed by atoms with Gasteiger partial charge in [-0.25, -0.2) is 0 Å². The number of ether oxygens (including phenoxy) is 2. The van der Waals surface area contributed by atoms with Crippen LogP contribution in [0, 0.1) is 12.3 Å². The van der Waals surface area contributed by atoms with Crippen LogP contribution >= 0.6 is 0 Å². The monoisotopic (exact) mass is 222 g/mol. The number of hydrogen-bond donors (Lipinski definition) is 2. The van der Waals surface area contributed by atoms with Crippen LogP contribution < -0.4 is 10.5 Å². The van der Waals surface area contributed by atoms with E-state index in [0.717, 1.165) is 5.56 Å². The van der Waals surface area contributed by atoms with E-state index in [1.165, 1.54) is 0 Å². The molecule has 0 atom stereocenters. The van der Waals surface area contributed by atoms with Crippen LogP contribution in [-0.2, 0) is 4.74 Å². The van der Waals surface area contributed by atoms with Crippen LogP contribution in [0.25, 0.3) is 0 Å². The molecule has 0 aliphatic heterocycles. The molecule has 1 aromatic rings. The van der Waals surface area contributed by atoms with Gasteiger partial charge in [0, 0.05) is 6.61 Å². The lowest BCUT2D eigenvalue weighted by molar-refractivity contribution is 0.110. The molecule has 0 unspecified atom stereocenters. The quantitative estimate of drug-likeness (QED) is 0.437. The lowest BCUT2D eigenvalue weighted by Crippen LogP contribution is -2.15. The fourth-order valence-corrected chi connectivity index (χ4v) is 1.33. The largest absolute Gasteiger partial charge is 0.490 e. The molecule has 0 fully saturated rings. The lowest BCUT2D eigenvalue weighted by atomic mass is 10.1. The molecule has 88 valence electrons. The predicted octanol–water partition coefficient (Wildman–Crippen LogP) is 1.69. The van der Waals surface area contributed by atoms with Gasteiger partial charge in [0.1, 0.15) is 18.2 Å². The molecule has 0 radical (unpaired) electrons. The summed E-state index contributed by atoms with van der Waals surface area (Å²) in [5, 5.41) is 7.43. The van der Waals surface area contributed by atoms with Crippen molar-refractivity contribution in [3.8, 4) is 5.75 Å². The first kappa shape index (κ1) is 12.5. The molecule has 1 rings (SSSR count). The molecular formula is C12H18N2O2. The van der Waals surface area contributed by atoms with Crippen molar-refractivity contribution >= 4 is 5.84 Å². The molecular weight excluding hydrogens is 204 g/mol. The zero-order valence-electron chi connectivity index (χ0n) is 9.75. The Hall–Kier alpha value is -1.55. The Labute approximate surface area is 95.9 Å². The lowest BCUT2D eigenvalue weighted by Gasteiger charge is -2.11. The third kappa shape index (κ3) is 3.55. The summed E-state index contributed by atoms with van der Waals surface area (Å²) >= 11 is 0. The summed E-state index contributed by atoms with van der Waals surface area (Å²) in [4.78, 5) is 0. The Kier molecular flexibility index (Phi) is 4.79. The van der Waals surface area contributed by atoms with Crippen molar-refractivity contribution in [1.29, 1.82) is 5.41 Å². The Balaban J connectivity index is 2.68. The molecule has 0 amide bonds. The Morgan fingerprint density at radius 3 is 2.75 bits per heavy atom. The molecule has 0 aromatic heterocycles. The molecule has 16 heavy (non-hydrogen) atoms. The summed E-state index contributed by atoms with van der Waals surface area (Å²) in [7, 11) is 0. The van der Waals surface area contributed by atoms with Crippen molar-refractivity contribution in [1.82, 2.24) is 0 Å². The van der Waals surface area contributed by atoms with Gasteiger partial charge in [-0.15, -0.1) is 0 Å². The Bertz CT molecular complexity index is 364. The van der Waals surface area contributed by atoms with Crippen LogP contribution in [-0.4, -0.2) is 25.7 Å². The highest BCUT2D eigenvalue weighted by molar-refractivity contribution is 5.97. The normalized spacial score (nSPS) is 10.1. The van der Waals surface area contributed by atoms with Gasteiger partial charge in [0.2, 0.25) is 0 Å². The minimum absolute atomic E-state index is 0.0198. The molecule has 0 aliphatic rings. The van der Waals surface area contributed by atoms with Gasteiger partial charge in [0.15, 0.2) is 0 Å². The SMILES string of the molecule is CCOCCOc1cc(C)ccc1C(=N)N. The predicted molar refractivity (Wildman–Crippen MR) is 64.2 cm³/mol. The molecule has 4 nitrogen and oxygen atoms in total. The van der Waals surface area contributed by atoms with Gasteiger partial charge in [-0.3, -0.25) is 5.41 Å². The first-order valence-electron chi connectivity index (χ1n) is 5.30. The molecule has 3 N–H and O–H groups in total. The minimum Gasteiger partial charge on any atom is -0.490 e. The van der Waals surface area contributed by atoms with Crippen LogP contribution in [0.15, 0.2) is 18.2 Å². The van der Waals surface area contributed by atoms with Gasteiger partial charge >= 0.3 is 0 Å². The molecule has 4 heteroatoms. The van der Waals surface area contributed by atoms with Gasteiger partial charge in [-0.1, -0.05) is 6.07 Å². The van der Waals surface area contributed by atoms with E-state index >= 15 is 0 Å². The van der Waals surface area contributed by atoms with Gasteiger partial charge in [0.25, 0.3) is 0 Å². The summed E-state index contributed by atoms with van der Waals surface area (Å²) in [6.45, 7) is 5.60. The Morgan fingerprint density at radius 2 is 2.12 bits per heavy atom. The van der Waals surface area contributed by atoms with E-state index in [9.17, 15) is 0 Å². The van der Waals surface area contributed by atoms with E-state index in [4.69, 9.17) is 20.6 Å². The van der Waals surface area contributed by atoms with Gasteiger partial charge in [-0.05, 0) is 31.5 Å². The first-order chi connectivity index (χ1) is 7.65. The van der Waals surface area contributed by atoms with Gasteiger partial charge in [-0.2, -0.15) is 0 Å². The second kappa shape index (κ2) is 6.12. The van der Waals surface area contributed by atoms with Gasteiger partial charge < -0.3 is 15.2 Å². The van der Waals surface area contributed by atoms with E-state index in [-0.39, 0.29) is 5.84 Å². The number of amidine groups is 1. The number of nitrogen functional groups attached to an aromatic ring is 1. The maximum atomic E-state index is 7.43. The van der Waals surface area contributed by atoms with E-state index in [0.29, 0.717) is 31.1 Å². The fourth-order valence-electron chi connectivity index (χ4n) is 1.33. The highest BCUT2D eigenvalue weighted by Crippen LogP contribution is 2.19. The van der Waals surface area contributed by atoms with Crippen LogP contribution in [0.4, 0.5) is 0 Å². The number of nitrogens with two attached hydrogens (primary N) is 1. The van der Waals surface area contributed by atoms with Crippen molar-refractivity contribution in [3.63, 3.8) is 0 Å². The van der Waals surface area contributed by atoms with Crippen molar-refractivity contribution in [2.75, 3.05) is 19.8 Å². The zero-order valence-corrected chi connectivity index (χ0v) is 9.75. The third-order valence-electron chi connectivity index (χ3n) is 2.12. The summed E-state index contributed by atoms with van der Waals surface area (Å²) < 4.78 is 10.7. The highest BCUT2D eigenvalue weighted by Gasteiger charge is 2.06. The van der Waals surface area contributed by atoms with Crippen LogP contribution in [0.3, 0.4) is 0 Å². The average Bonchev–Trinajstić information content (AvgIpc) is 2.24. The van der Waals surface area contributed by atoms with E-state index in [1.807, 2.05) is 26.0 Å². The topological polar surface area (TPSA) is 68.3 Å². The summed E-state index contributed by atoms with van der Waals surface area (Å²) in [6.07, 6.45) is 0.